The van der Waals surface area contributed by atoms with Gasteiger partial charge in [0.15, 0.2) is 0 Å². The Hall–Kier alpha value is -7.43. The van der Waals surface area contributed by atoms with Crippen LogP contribution < -0.4 is 0 Å². The van der Waals surface area contributed by atoms with E-state index in [1.807, 2.05) is 88.4 Å². The zero-order valence-corrected chi connectivity index (χ0v) is 59.9. The second-order valence-electron chi connectivity index (χ2n) is 25.0. The van der Waals surface area contributed by atoms with Crippen molar-refractivity contribution in [2.75, 3.05) is 0 Å². The van der Waals surface area contributed by atoms with Gasteiger partial charge in [0.2, 0.25) is 0 Å². The van der Waals surface area contributed by atoms with Crippen molar-refractivity contribution in [1.82, 2.24) is 0 Å². The minimum atomic E-state index is -0.171. The topological polar surface area (TPSA) is 0 Å². The van der Waals surface area contributed by atoms with Crippen LogP contribution in [0, 0.1) is 128 Å². The summed E-state index contributed by atoms with van der Waals surface area (Å²) in [5.41, 5.74) is 23.4. The molecule has 1 saturated carbocycles. The van der Waals surface area contributed by atoms with Gasteiger partial charge in [-0.15, -0.1) is 0 Å². The third-order valence-corrected chi connectivity index (χ3v) is 15.8. The fourth-order valence-corrected chi connectivity index (χ4v) is 9.55. The van der Waals surface area contributed by atoms with E-state index in [-0.39, 0.29) is 22.9 Å². The normalized spacial score (nSPS) is 11.0. The predicted molar refractivity (Wildman–Crippen MR) is 395 cm³/mol. The average molecular weight is 1270 g/mol. The van der Waals surface area contributed by atoms with Crippen molar-refractivity contribution in [1.29, 1.82) is 0 Å². The van der Waals surface area contributed by atoms with Crippen molar-refractivity contribution in [2.24, 2.45) is 0 Å². The Labute approximate surface area is 560 Å². The summed E-state index contributed by atoms with van der Waals surface area (Å²) < 4.78 is 36.6. The monoisotopic (exact) mass is 1260 g/mol. The van der Waals surface area contributed by atoms with E-state index in [1.165, 1.54) is 135 Å². The summed E-state index contributed by atoms with van der Waals surface area (Å²) in [4.78, 5) is 0. The quantitative estimate of drug-likeness (QED) is 0.154. The van der Waals surface area contributed by atoms with Gasteiger partial charge in [0.25, 0.3) is 0 Å². The van der Waals surface area contributed by atoms with Gasteiger partial charge in [-0.05, 0) is 245 Å². The summed E-state index contributed by atoms with van der Waals surface area (Å²) in [7, 11) is 0. The molecule has 0 nitrogen and oxygen atoms in total. The lowest BCUT2D eigenvalue weighted by atomic mass is 9.84. The molecular weight excluding hydrogens is 1160 g/mol. The van der Waals surface area contributed by atoms with Crippen LogP contribution in [-0.4, -0.2) is 0 Å². The molecule has 11 rings (SSSR count). The van der Waals surface area contributed by atoms with Crippen LogP contribution in [-0.2, 0) is 5.41 Å². The number of aryl methyl sites for hydroxylation is 15. The van der Waals surface area contributed by atoms with Gasteiger partial charge in [0.05, 0.1) is 0 Å². The van der Waals surface area contributed by atoms with Crippen LogP contribution in [0.15, 0.2) is 224 Å². The smallest absolute Gasteiger partial charge is 0.126 e. The molecule has 0 aliphatic heterocycles. The Balaban J connectivity index is 0.000000346. The lowest BCUT2D eigenvalue weighted by Crippen LogP contribution is -2.10. The number of halogens is 5. The molecule has 10 aromatic carbocycles. The third kappa shape index (κ3) is 36.3. The van der Waals surface area contributed by atoms with E-state index >= 15 is 0 Å². The molecular formula is C86H105Cl2F3. The van der Waals surface area contributed by atoms with Crippen LogP contribution in [0.5, 0.6) is 0 Å². The van der Waals surface area contributed by atoms with Crippen molar-refractivity contribution in [3.63, 3.8) is 0 Å². The first-order valence-corrected chi connectivity index (χ1v) is 32.5. The second kappa shape index (κ2) is 43.4. The number of hydrogen-bond donors (Lipinski definition) is 0. The molecule has 0 N–H and O–H groups in total. The highest BCUT2D eigenvalue weighted by Crippen LogP contribution is 2.32. The lowest BCUT2D eigenvalue weighted by molar-refractivity contribution is 0.443. The molecule has 1 aliphatic rings. The molecule has 0 heterocycles. The van der Waals surface area contributed by atoms with Crippen molar-refractivity contribution < 1.29 is 13.2 Å². The zero-order chi connectivity index (χ0) is 68.1. The van der Waals surface area contributed by atoms with Crippen molar-refractivity contribution >= 4 is 23.2 Å². The van der Waals surface area contributed by atoms with Crippen molar-refractivity contribution in [3.05, 3.63) is 352 Å². The molecule has 5 heteroatoms. The average Bonchev–Trinajstić information content (AvgIpc) is 2.64. The Kier molecular flexibility index (Phi) is 38.0. The van der Waals surface area contributed by atoms with Gasteiger partial charge in [-0.3, -0.25) is 0 Å². The molecule has 0 unspecified atom stereocenters. The Morgan fingerprint density at radius 3 is 1.08 bits per heavy atom. The first-order valence-electron chi connectivity index (χ1n) is 31.8. The van der Waals surface area contributed by atoms with E-state index in [0.717, 1.165) is 32.7 Å². The highest BCUT2D eigenvalue weighted by molar-refractivity contribution is 6.31. The number of hydrogen-bond acceptors (Lipinski definition) is 0. The molecule has 484 valence electrons. The molecule has 1 fully saturated rings. The maximum absolute atomic E-state index is 12.3. The SMILES string of the molecule is Cc1cc(C)cc(C)c1.Cc1ccc(C(C)(C)C)cc1.Cc1ccc(C)c(C)c1.Cc1ccc(C2CCCCC2)cc1.Cc1ccc(F)cc1.Cc1cccc(C)c1C.Cc1cccc(Cl)c1.Cc1cccc(F)c1.Cc1ccccc1Cl.Cc1ccccc1F. The van der Waals surface area contributed by atoms with Crippen molar-refractivity contribution in [2.45, 2.75) is 175 Å². The van der Waals surface area contributed by atoms with Gasteiger partial charge >= 0.3 is 0 Å². The molecule has 0 atom stereocenters. The van der Waals surface area contributed by atoms with E-state index in [9.17, 15) is 13.2 Å². The second-order valence-corrected chi connectivity index (χ2v) is 25.9. The first kappa shape index (κ1) is 79.7. The van der Waals surface area contributed by atoms with Gasteiger partial charge < -0.3 is 0 Å². The van der Waals surface area contributed by atoms with E-state index in [2.05, 4.69) is 200 Å². The summed E-state index contributed by atoms with van der Waals surface area (Å²) in [6.45, 7) is 39.7. The molecule has 0 bridgehead atoms. The van der Waals surface area contributed by atoms with Gasteiger partial charge in [-0.2, -0.15) is 0 Å². The highest BCUT2D eigenvalue weighted by atomic mass is 35.5. The van der Waals surface area contributed by atoms with E-state index < -0.39 is 0 Å². The van der Waals surface area contributed by atoms with Gasteiger partial charge in [0.1, 0.15) is 17.5 Å². The summed E-state index contributed by atoms with van der Waals surface area (Å²) in [5.74, 6) is 0.391. The largest absolute Gasteiger partial charge is 0.207 e. The van der Waals surface area contributed by atoms with Gasteiger partial charge in [-0.25, -0.2) is 13.2 Å². The van der Waals surface area contributed by atoms with Crippen LogP contribution in [0.25, 0.3) is 0 Å². The predicted octanol–water partition coefficient (Wildman–Crippen LogP) is 26.9. The van der Waals surface area contributed by atoms with Crippen LogP contribution in [0.2, 0.25) is 10.0 Å². The van der Waals surface area contributed by atoms with Crippen LogP contribution in [0.3, 0.4) is 0 Å². The summed E-state index contributed by atoms with van der Waals surface area (Å²) >= 11 is 11.4. The van der Waals surface area contributed by atoms with Gasteiger partial charge in [-0.1, -0.05) is 278 Å². The molecule has 91 heavy (non-hydrogen) atoms. The number of benzene rings is 10. The minimum absolute atomic E-state index is 0.132. The number of rotatable bonds is 1. The molecule has 0 aromatic heterocycles. The maximum Gasteiger partial charge on any atom is 0.126 e. The van der Waals surface area contributed by atoms with Gasteiger partial charge in [0, 0.05) is 10.0 Å². The fraction of sp³-hybridized carbons (Fsp3) is 0.302. The summed E-state index contributed by atoms with van der Waals surface area (Å²) in [6.07, 6.45) is 7.12. The minimum Gasteiger partial charge on any atom is -0.207 e. The summed E-state index contributed by atoms with van der Waals surface area (Å²) in [5, 5.41) is 1.65. The fourth-order valence-electron chi connectivity index (χ4n) is 9.17. The molecule has 0 saturated heterocycles. The molecule has 0 spiro atoms. The van der Waals surface area contributed by atoms with Crippen LogP contribution >= 0.6 is 23.2 Å². The standard InChI is InChI=1S/C13H18.C11H16.3C9H12.2C7H7Cl.3C7H7F/c1-11-7-9-13(10-8-11)12-5-3-2-4-6-12;1-9-5-7-10(8-6-9)11(2,3)4;1-7-4-8(2)6-9(3)5-7;1-7-4-5-8(2)9(3)6-7;1-7-5-4-6-8(2)9(7)3;1-6-3-2-4-7(8)5-6;1-6-4-2-3-5-7(6)8;1-6-2-4-7(8)5-3-6;1-6-3-2-4-7(8)5-6;1-6-4-2-3-5-7(6)8/h7-10,12H,2-6H2,1H3;5-8H,1-4H3;3*4-6H,1-3H3;5*2-5H,1H3. The molecule has 0 amide bonds. The molecule has 10 aromatic rings. The van der Waals surface area contributed by atoms with E-state index in [1.54, 1.807) is 42.8 Å². The third-order valence-electron chi connectivity index (χ3n) is 15.1. The Morgan fingerprint density at radius 2 is 0.725 bits per heavy atom. The Bertz CT molecular complexity index is 3350. The van der Waals surface area contributed by atoms with Crippen LogP contribution in [0.4, 0.5) is 13.2 Å². The van der Waals surface area contributed by atoms with Crippen molar-refractivity contribution in [3.8, 4) is 0 Å². The Morgan fingerprint density at radius 1 is 0.308 bits per heavy atom. The zero-order valence-electron chi connectivity index (χ0n) is 58.4. The summed E-state index contributed by atoms with van der Waals surface area (Å²) in [6, 6.07) is 72.4. The maximum atomic E-state index is 12.3. The van der Waals surface area contributed by atoms with E-state index in [0.29, 0.717) is 5.56 Å². The molecule has 0 radical (unpaired) electrons. The first-order chi connectivity index (χ1) is 42.9. The molecule has 1 aliphatic carbocycles. The lowest BCUT2D eigenvalue weighted by Gasteiger charge is -2.21. The highest BCUT2D eigenvalue weighted by Gasteiger charge is 2.15. The van der Waals surface area contributed by atoms with Crippen LogP contribution in [0.1, 0.15) is 159 Å². The van der Waals surface area contributed by atoms with E-state index in [4.69, 9.17) is 23.2 Å².